The predicted octanol–water partition coefficient (Wildman–Crippen LogP) is 3.33. The van der Waals surface area contributed by atoms with E-state index in [9.17, 15) is 4.79 Å². The average Bonchev–Trinajstić information content (AvgIpc) is 2.49. The van der Waals surface area contributed by atoms with Gasteiger partial charge in [0.2, 0.25) is 0 Å². The fraction of sp³-hybridized carbons (Fsp3) is 0.611. The topological polar surface area (TPSA) is 38.3 Å². The first-order valence-corrected chi connectivity index (χ1v) is 8.26. The van der Waals surface area contributed by atoms with Crippen LogP contribution in [0, 0.1) is 5.92 Å². The van der Waals surface area contributed by atoms with Crippen molar-refractivity contribution in [2.24, 2.45) is 5.92 Å². The second-order valence-corrected chi connectivity index (χ2v) is 6.40. The Morgan fingerprint density at radius 2 is 2.05 bits per heavy atom. The summed E-state index contributed by atoms with van der Waals surface area (Å²) in [5.74, 6) is 1.51. The van der Waals surface area contributed by atoms with Gasteiger partial charge in [-0.25, -0.2) is 0 Å². The number of Topliss-reactive ketones (excluding diaryl/α,β-unsaturated/α-hetero) is 1. The molecule has 0 spiro atoms. The van der Waals surface area contributed by atoms with Crippen LogP contribution in [0.15, 0.2) is 30.3 Å². The third-order valence-electron chi connectivity index (χ3n) is 4.80. The van der Waals surface area contributed by atoms with E-state index in [0.29, 0.717) is 24.3 Å². The number of benzene rings is 1. The summed E-state index contributed by atoms with van der Waals surface area (Å²) in [6, 6.07) is 10.7. The van der Waals surface area contributed by atoms with Crippen molar-refractivity contribution >= 4 is 5.78 Å². The minimum atomic E-state index is 0.153. The van der Waals surface area contributed by atoms with Gasteiger partial charge in [-0.15, -0.1) is 0 Å². The number of ether oxygens (including phenoxy) is 1. The molecule has 1 N–H and O–H groups in total. The molecule has 1 aliphatic heterocycles. The zero-order chi connectivity index (χ0) is 14.7. The summed E-state index contributed by atoms with van der Waals surface area (Å²) >= 11 is 0. The van der Waals surface area contributed by atoms with E-state index in [2.05, 4.69) is 12.2 Å². The number of carbonyl (C=O) groups is 1. The Balaban J connectivity index is 1.59. The van der Waals surface area contributed by atoms with Crippen molar-refractivity contribution in [2.75, 3.05) is 0 Å². The van der Waals surface area contributed by atoms with Gasteiger partial charge in [-0.1, -0.05) is 31.5 Å². The van der Waals surface area contributed by atoms with Gasteiger partial charge in [0.1, 0.15) is 11.5 Å². The number of hydrogen-bond donors (Lipinski definition) is 1. The van der Waals surface area contributed by atoms with E-state index in [0.717, 1.165) is 37.9 Å². The van der Waals surface area contributed by atoms with Crippen LogP contribution in [0.5, 0.6) is 5.75 Å². The summed E-state index contributed by atoms with van der Waals surface area (Å²) in [6.07, 6.45) is 6.09. The number of fused-ring (bicyclic) bond motifs is 1. The lowest BCUT2D eigenvalue weighted by atomic mass is 9.75. The van der Waals surface area contributed by atoms with Crippen LogP contribution < -0.4 is 10.1 Å². The summed E-state index contributed by atoms with van der Waals surface area (Å²) in [6.45, 7) is 2.18. The number of carbonyl (C=O) groups excluding carboxylic acids is 1. The molecule has 3 rings (SSSR count). The van der Waals surface area contributed by atoms with Crippen molar-refractivity contribution in [2.45, 2.75) is 63.6 Å². The van der Waals surface area contributed by atoms with Gasteiger partial charge in [0.15, 0.2) is 0 Å². The van der Waals surface area contributed by atoms with Crippen molar-refractivity contribution in [3.05, 3.63) is 30.3 Å². The van der Waals surface area contributed by atoms with E-state index < -0.39 is 0 Å². The monoisotopic (exact) mass is 287 g/mol. The van der Waals surface area contributed by atoms with Gasteiger partial charge in [-0.2, -0.15) is 0 Å². The maximum absolute atomic E-state index is 12.4. The highest BCUT2D eigenvalue weighted by Gasteiger charge is 2.40. The average molecular weight is 287 g/mol. The van der Waals surface area contributed by atoms with Gasteiger partial charge in [0.25, 0.3) is 0 Å². The molecule has 0 aromatic heterocycles. The van der Waals surface area contributed by atoms with Crippen molar-refractivity contribution < 1.29 is 9.53 Å². The molecule has 1 aliphatic carbocycles. The molecule has 4 unspecified atom stereocenters. The van der Waals surface area contributed by atoms with E-state index in [1.165, 1.54) is 0 Å². The van der Waals surface area contributed by atoms with E-state index in [-0.39, 0.29) is 12.0 Å². The van der Waals surface area contributed by atoms with Crippen LogP contribution >= 0.6 is 0 Å². The van der Waals surface area contributed by atoms with E-state index in [1.54, 1.807) is 0 Å². The lowest BCUT2D eigenvalue weighted by Gasteiger charge is -2.42. The first-order valence-electron chi connectivity index (χ1n) is 8.26. The number of ketones is 1. The predicted molar refractivity (Wildman–Crippen MR) is 83.4 cm³/mol. The molecule has 3 heteroatoms. The summed E-state index contributed by atoms with van der Waals surface area (Å²) in [5, 5.41) is 3.69. The van der Waals surface area contributed by atoms with E-state index >= 15 is 0 Å². The van der Waals surface area contributed by atoms with Gasteiger partial charge in [0.05, 0.1) is 6.10 Å². The molecular weight excluding hydrogens is 262 g/mol. The van der Waals surface area contributed by atoms with E-state index in [4.69, 9.17) is 4.74 Å². The Hall–Kier alpha value is -1.35. The highest BCUT2D eigenvalue weighted by Crippen LogP contribution is 2.33. The Morgan fingerprint density at radius 3 is 2.81 bits per heavy atom. The lowest BCUT2D eigenvalue weighted by molar-refractivity contribution is -0.129. The van der Waals surface area contributed by atoms with Crippen molar-refractivity contribution in [1.82, 2.24) is 5.32 Å². The molecule has 1 saturated heterocycles. The summed E-state index contributed by atoms with van der Waals surface area (Å²) in [5.41, 5.74) is 0. The third-order valence-corrected chi connectivity index (χ3v) is 4.80. The molecule has 0 radical (unpaired) electrons. The second-order valence-electron chi connectivity index (χ2n) is 6.40. The van der Waals surface area contributed by atoms with Gasteiger partial charge >= 0.3 is 0 Å². The SMILES string of the molecule is CCCC1CC(=O)C2CC(Oc3ccccc3)CCC2N1. The van der Waals surface area contributed by atoms with E-state index in [1.807, 2.05) is 30.3 Å². The zero-order valence-electron chi connectivity index (χ0n) is 12.8. The number of para-hydroxylation sites is 1. The van der Waals surface area contributed by atoms with Gasteiger partial charge < -0.3 is 10.1 Å². The first-order chi connectivity index (χ1) is 10.3. The van der Waals surface area contributed by atoms with Crippen LogP contribution in [0.3, 0.4) is 0 Å². The molecule has 2 aliphatic rings. The van der Waals surface area contributed by atoms with Crippen molar-refractivity contribution in [3.63, 3.8) is 0 Å². The van der Waals surface area contributed by atoms with Crippen LogP contribution in [0.4, 0.5) is 0 Å². The lowest BCUT2D eigenvalue weighted by Crippen LogP contribution is -2.55. The Kier molecular flexibility index (Phi) is 4.59. The molecular formula is C18H25NO2. The molecule has 1 aromatic carbocycles. The molecule has 0 bridgehead atoms. The number of nitrogens with one attached hydrogen (secondary N) is 1. The number of rotatable bonds is 4. The highest BCUT2D eigenvalue weighted by molar-refractivity contribution is 5.83. The summed E-state index contributed by atoms with van der Waals surface area (Å²) < 4.78 is 6.05. The minimum Gasteiger partial charge on any atom is -0.490 e. The fourth-order valence-corrected chi connectivity index (χ4v) is 3.78. The third kappa shape index (κ3) is 3.46. The number of piperidine rings is 1. The highest BCUT2D eigenvalue weighted by atomic mass is 16.5. The van der Waals surface area contributed by atoms with Gasteiger partial charge in [-0.05, 0) is 37.8 Å². The molecule has 4 atom stereocenters. The maximum atomic E-state index is 12.4. The van der Waals surface area contributed by atoms with Crippen LogP contribution in [-0.4, -0.2) is 24.0 Å². The van der Waals surface area contributed by atoms with Crippen LogP contribution in [-0.2, 0) is 4.79 Å². The normalized spacial score (nSPS) is 32.5. The van der Waals surface area contributed by atoms with Gasteiger partial charge in [0, 0.05) is 24.4 Å². The van der Waals surface area contributed by atoms with Gasteiger partial charge in [-0.3, -0.25) is 4.79 Å². The molecule has 2 fully saturated rings. The standard InChI is InChI=1S/C18H25NO2/c1-2-6-13-11-18(20)16-12-15(9-10-17(16)19-13)21-14-7-4-3-5-8-14/h3-5,7-8,13,15-17,19H,2,6,9-12H2,1H3. The largest absolute Gasteiger partial charge is 0.490 e. The number of hydrogen-bond acceptors (Lipinski definition) is 3. The first kappa shape index (κ1) is 14.6. The Bertz CT molecular complexity index is 473. The fourth-order valence-electron chi connectivity index (χ4n) is 3.78. The molecule has 114 valence electrons. The molecule has 1 aromatic rings. The smallest absolute Gasteiger partial charge is 0.139 e. The quantitative estimate of drug-likeness (QED) is 0.923. The molecule has 0 amide bonds. The molecule has 1 heterocycles. The zero-order valence-corrected chi connectivity index (χ0v) is 12.8. The molecule has 3 nitrogen and oxygen atoms in total. The Labute approximate surface area is 127 Å². The Morgan fingerprint density at radius 1 is 1.24 bits per heavy atom. The van der Waals surface area contributed by atoms with Crippen LogP contribution in [0.25, 0.3) is 0 Å². The van der Waals surface area contributed by atoms with Crippen molar-refractivity contribution in [1.29, 1.82) is 0 Å². The molecule has 1 saturated carbocycles. The van der Waals surface area contributed by atoms with Crippen LogP contribution in [0.1, 0.15) is 45.4 Å². The molecule has 21 heavy (non-hydrogen) atoms. The maximum Gasteiger partial charge on any atom is 0.139 e. The minimum absolute atomic E-state index is 0.153. The van der Waals surface area contributed by atoms with Crippen molar-refractivity contribution in [3.8, 4) is 5.75 Å². The second kappa shape index (κ2) is 6.61. The van der Waals surface area contributed by atoms with Crippen LogP contribution in [0.2, 0.25) is 0 Å². The summed E-state index contributed by atoms with van der Waals surface area (Å²) in [7, 11) is 0. The summed E-state index contributed by atoms with van der Waals surface area (Å²) in [4.78, 5) is 12.4.